The van der Waals surface area contributed by atoms with E-state index in [0.29, 0.717) is 16.3 Å². The van der Waals surface area contributed by atoms with Crippen molar-refractivity contribution in [3.05, 3.63) is 57.0 Å². The van der Waals surface area contributed by atoms with Crippen molar-refractivity contribution < 1.29 is 4.79 Å². The predicted octanol–water partition coefficient (Wildman–Crippen LogP) is 3.16. The first-order valence-electron chi connectivity index (χ1n) is 8.15. The number of aromatic nitrogens is 2. The van der Waals surface area contributed by atoms with E-state index in [2.05, 4.69) is 5.32 Å². The van der Waals surface area contributed by atoms with E-state index in [1.165, 1.54) is 0 Å². The molecule has 0 saturated heterocycles. The molecule has 1 N–H and O–H groups in total. The lowest BCUT2D eigenvalue weighted by Gasteiger charge is -2.19. The fraction of sp³-hybridized carbons (Fsp3) is 0.263. The van der Waals surface area contributed by atoms with E-state index in [1.54, 1.807) is 35.4 Å². The molecule has 0 aliphatic rings. The summed E-state index contributed by atoms with van der Waals surface area (Å²) in [5.74, 6) is -0.293. The Labute approximate surface area is 156 Å². The molecule has 3 rings (SSSR count). The average Bonchev–Trinajstić information content (AvgIpc) is 2.78. The predicted molar refractivity (Wildman–Crippen MR) is 107 cm³/mol. The van der Waals surface area contributed by atoms with E-state index in [4.69, 9.17) is 11.6 Å². The number of benzene rings is 2. The lowest BCUT2D eigenvalue weighted by atomic mass is 10.1. The normalized spacial score (nSPS) is 11.0. The monoisotopic (exact) mass is 372 g/mol. The minimum atomic E-state index is -0.293. The molecule has 0 atom stereocenters. The summed E-state index contributed by atoms with van der Waals surface area (Å²) in [4.78, 5) is 26.8. The van der Waals surface area contributed by atoms with Gasteiger partial charge < -0.3 is 10.2 Å². The van der Waals surface area contributed by atoms with Gasteiger partial charge in [0.05, 0.1) is 33.0 Å². The molecule has 0 saturated carbocycles. The first kappa shape index (κ1) is 18.1. The van der Waals surface area contributed by atoms with Crippen molar-refractivity contribution in [2.45, 2.75) is 6.92 Å². The largest absolute Gasteiger partial charge is 0.376 e. The van der Waals surface area contributed by atoms with Crippen LogP contribution >= 0.6 is 11.6 Å². The Bertz CT molecular complexity index is 1080. The number of carbonyl (C=O) groups excluding carboxylic acids is 1. The average molecular weight is 373 g/mol. The summed E-state index contributed by atoms with van der Waals surface area (Å²) in [6, 6.07) is 9.01. The zero-order valence-corrected chi connectivity index (χ0v) is 16.2. The van der Waals surface area contributed by atoms with Crippen LogP contribution in [0.25, 0.3) is 11.0 Å². The van der Waals surface area contributed by atoms with Gasteiger partial charge in [0.1, 0.15) is 0 Å². The molecule has 0 bridgehead atoms. The van der Waals surface area contributed by atoms with E-state index in [1.807, 2.05) is 44.1 Å². The fourth-order valence-corrected chi connectivity index (χ4v) is 3.32. The Hall–Kier alpha value is -2.73. The van der Waals surface area contributed by atoms with Crippen LogP contribution < -0.4 is 15.9 Å². The maximum atomic E-state index is 12.7. The Morgan fingerprint density at radius 2 is 1.69 bits per heavy atom. The Morgan fingerprint density at radius 3 is 2.27 bits per heavy atom. The molecular weight excluding hydrogens is 352 g/mol. The van der Waals surface area contributed by atoms with Gasteiger partial charge in [-0.05, 0) is 36.8 Å². The standard InChI is InChI=1S/C19H21ClN4O2/c1-11-6-7-12(13(20)8-11)18(25)21-14-9-16-17(10-15(14)22(2)3)24(5)19(26)23(16)4/h6-10H,1-5H3,(H,21,25). The van der Waals surface area contributed by atoms with Crippen LogP contribution in [0, 0.1) is 6.92 Å². The maximum Gasteiger partial charge on any atom is 0.328 e. The van der Waals surface area contributed by atoms with E-state index in [9.17, 15) is 9.59 Å². The summed E-state index contributed by atoms with van der Waals surface area (Å²) in [6.07, 6.45) is 0. The molecule has 1 heterocycles. The summed E-state index contributed by atoms with van der Waals surface area (Å²) in [6.45, 7) is 1.92. The Balaban J connectivity index is 2.11. The lowest BCUT2D eigenvalue weighted by molar-refractivity contribution is 0.102. The Morgan fingerprint density at radius 1 is 1.08 bits per heavy atom. The van der Waals surface area contributed by atoms with Gasteiger partial charge in [-0.2, -0.15) is 0 Å². The topological polar surface area (TPSA) is 59.3 Å². The summed E-state index contributed by atoms with van der Waals surface area (Å²) in [5.41, 5.74) is 4.24. The van der Waals surface area contributed by atoms with Crippen molar-refractivity contribution >= 4 is 39.9 Å². The van der Waals surface area contributed by atoms with E-state index >= 15 is 0 Å². The summed E-state index contributed by atoms with van der Waals surface area (Å²) in [7, 11) is 7.21. The second-order valence-corrected chi connectivity index (χ2v) is 7.00. The molecule has 6 nitrogen and oxygen atoms in total. The number of carbonyl (C=O) groups is 1. The molecule has 2 aromatic carbocycles. The highest BCUT2D eigenvalue weighted by Gasteiger charge is 2.17. The van der Waals surface area contributed by atoms with E-state index in [-0.39, 0.29) is 11.6 Å². The molecule has 26 heavy (non-hydrogen) atoms. The summed E-state index contributed by atoms with van der Waals surface area (Å²) >= 11 is 6.22. The van der Waals surface area contributed by atoms with E-state index < -0.39 is 0 Å². The second-order valence-electron chi connectivity index (χ2n) is 6.59. The van der Waals surface area contributed by atoms with Gasteiger partial charge in [0, 0.05) is 28.2 Å². The number of amides is 1. The van der Waals surface area contributed by atoms with Crippen molar-refractivity contribution in [3.63, 3.8) is 0 Å². The van der Waals surface area contributed by atoms with Crippen LogP contribution in [0.4, 0.5) is 11.4 Å². The third-order valence-corrected chi connectivity index (χ3v) is 4.80. The third kappa shape index (κ3) is 2.97. The first-order valence-corrected chi connectivity index (χ1v) is 8.52. The van der Waals surface area contributed by atoms with Crippen molar-refractivity contribution in [1.82, 2.24) is 9.13 Å². The number of halogens is 1. The quantitative estimate of drug-likeness (QED) is 0.768. The molecule has 0 fully saturated rings. The number of hydrogen-bond donors (Lipinski definition) is 1. The van der Waals surface area contributed by atoms with Crippen LogP contribution in [0.2, 0.25) is 5.02 Å². The lowest BCUT2D eigenvalue weighted by Crippen LogP contribution is -2.19. The zero-order chi connectivity index (χ0) is 19.2. The van der Waals surface area contributed by atoms with Gasteiger partial charge >= 0.3 is 5.69 Å². The molecule has 7 heteroatoms. The number of nitrogens with one attached hydrogen (secondary N) is 1. The van der Waals surface area contributed by atoms with Gasteiger partial charge in [-0.1, -0.05) is 17.7 Å². The molecule has 136 valence electrons. The molecule has 1 aromatic heterocycles. The van der Waals surface area contributed by atoms with Gasteiger partial charge in [-0.25, -0.2) is 4.79 Å². The molecule has 3 aromatic rings. The molecule has 0 unspecified atom stereocenters. The van der Waals surface area contributed by atoms with Crippen molar-refractivity contribution in [3.8, 4) is 0 Å². The maximum absolute atomic E-state index is 12.7. The highest BCUT2D eigenvalue weighted by atomic mass is 35.5. The number of hydrogen-bond acceptors (Lipinski definition) is 3. The number of nitrogens with zero attached hydrogens (tertiary/aromatic N) is 3. The van der Waals surface area contributed by atoms with Crippen LogP contribution in [-0.4, -0.2) is 29.1 Å². The second kappa shape index (κ2) is 6.53. The molecule has 0 radical (unpaired) electrons. The summed E-state index contributed by atoms with van der Waals surface area (Å²) in [5, 5.41) is 3.33. The van der Waals surface area contributed by atoms with E-state index in [0.717, 1.165) is 22.3 Å². The number of fused-ring (bicyclic) bond motifs is 1. The first-order chi connectivity index (χ1) is 12.2. The van der Waals surface area contributed by atoms with Crippen LogP contribution in [0.3, 0.4) is 0 Å². The van der Waals surface area contributed by atoms with Gasteiger partial charge in [0.15, 0.2) is 0 Å². The molecule has 0 aliphatic heterocycles. The van der Waals surface area contributed by atoms with Crippen LogP contribution in [0.1, 0.15) is 15.9 Å². The van der Waals surface area contributed by atoms with Crippen LogP contribution in [0.5, 0.6) is 0 Å². The zero-order valence-electron chi connectivity index (χ0n) is 15.4. The number of imidazole rings is 1. The minimum absolute atomic E-state index is 0.116. The molecule has 0 aliphatic carbocycles. The van der Waals surface area contributed by atoms with Gasteiger partial charge in [-0.15, -0.1) is 0 Å². The Kier molecular flexibility index (Phi) is 4.54. The fourth-order valence-electron chi connectivity index (χ4n) is 3.00. The highest BCUT2D eigenvalue weighted by molar-refractivity contribution is 6.34. The number of anilines is 2. The number of rotatable bonds is 3. The van der Waals surface area contributed by atoms with Gasteiger partial charge in [0.2, 0.25) is 0 Å². The SMILES string of the molecule is Cc1ccc(C(=O)Nc2cc3c(cc2N(C)C)n(C)c(=O)n3C)c(Cl)c1. The third-order valence-electron chi connectivity index (χ3n) is 4.49. The molecular formula is C19H21ClN4O2. The number of aryl methyl sites for hydroxylation is 3. The molecule has 0 spiro atoms. The van der Waals surface area contributed by atoms with Crippen molar-refractivity contribution in [2.75, 3.05) is 24.3 Å². The molecule has 1 amide bonds. The smallest absolute Gasteiger partial charge is 0.328 e. The van der Waals surface area contributed by atoms with Crippen molar-refractivity contribution in [1.29, 1.82) is 0 Å². The minimum Gasteiger partial charge on any atom is -0.376 e. The van der Waals surface area contributed by atoms with Crippen LogP contribution in [-0.2, 0) is 14.1 Å². The highest BCUT2D eigenvalue weighted by Crippen LogP contribution is 2.30. The summed E-state index contributed by atoms with van der Waals surface area (Å²) < 4.78 is 3.15. The van der Waals surface area contributed by atoms with Gasteiger partial charge in [0.25, 0.3) is 5.91 Å². The van der Waals surface area contributed by atoms with Crippen LogP contribution in [0.15, 0.2) is 35.1 Å². The van der Waals surface area contributed by atoms with Crippen molar-refractivity contribution in [2.24, 2.45) is 14.1 Å². The van der Waals surface area contributed by atoms with Gasteiger partial charge in [-0.3, -0.25) is 13.9 Å².